The number of carbonyl (C=O) groups is 1. The number of rotatable bonds is 0. The van der Waals surface area contributed by atoms with Crippen LogP contribution in [0.3, 0.4) is 0 Å². The van der Waals surface area contributed by atoms with Gasteiger partial charge >= 0.3 is 0 Å². The van der Waals surface area contributed by atoms with E-state index in [0.29, 0.717) is 17.6 Å². The molecule has 2 atom stereocenters. The molecule has 48 valence electrons. The number of hydrogen-bond acceptors (Lipinski definition) is 1. The lowest BCUT2D eigenvalue weighted by Gasteiger charge is -2.27. The molecule has 0 aliphatic heterocycles. The summed E-state index contributed by atoms with van der Waals surface area (Å²) in [6, 6.07) is 0. The Morgan fingerprint density at radius 2 is 2.33 bits per heavy atom. The van der Waals surface area contributed by atoms with E-state index in [1.807, 2.05) is 0 Å². The van der Waals surface area contributed by atoms with Crippen LogP contribution in [0.15, 0.2) is 11.6 Å². The summed E-state index contributed by atoms with van der Waals surface area (Å²) in [6.45, 7) is 2.12. The average molecular weight is 122 g/mol. The maximum absolute atomic E-state index is 10.8. The zero-order valence-corrected chi connectivity index (χ0v) is 5.55. The molecule has 2 aliphatic rings. The third kappa shape index (κ3) is 0.576. The van der Waals surface area contributed by atoms with E-state index in [1.165, 1.54) is 12.0 Å². The highest BCUT2D eigenvalue weighted by Crippen LogP contribution is 2.42. The standard InChI is InChI=1S/C8H10O/c1-5-2-6-4-8(9)7(6)3-5/h3,6-7H,2,4H2,1H3/t6-,7?/m1/s1. The van der Waals surface area contributed by atoms with Crippen LogP contribution in [0.4, 0.5) is 0 Å². The van der Waals surface area contributed by atoms with Crippen LogP contribution in [-0.2, 0) is 4.79 Å². The van der Waals surface area contributed by atoms with Crippen LogP contribution in [0.25, 0.3) is 0 Å². The van der Waals surface area contributed by atoms with Gasteiger partial charge in [0.15, 0.2) is 0 Å². The third-order valence-electron chi connectivity index (χ3n) is 2.39. The number of ketones is 1. The van der Waals surface area contributed by atoms with Crippen LogP contribution >= 0.6 is 0 Å². The normalized spacial score (nSPS) is 39.7. The predicted molar refractivity (Wildman–Crippen MR) is 35.0 cm³/mol. The van der Waals surface area contributed by atoms with Crippen molar-refractivity contribution in [3.63, 3.8) is 0 Å². The highest BCUT2D eigenvalue weighted by atomic mass is 16.1. The van der Waals surface area contributed by atoms with E-state index in [2.05, 4.69) is 13.0 Å². The molecule has 0 amide bonds. The van der Waals surface area contributed by atoms with Crippen LogP contribution in [-0.4, -0.2) is 5.78 Å². The molecule has 1 nitrogen and oxygen atoms in total. The maximum Gasteiger partial charge on any atom is 0.140 e. The topological polar surface area (TPSA) is 17.1 Å². The van der Waals surface area contributed by atoms with Crippen molar-refractivity contribution in [2.24, 2.45) is 11.8 Å². The van der Waals surface area contributed by atoms with Crippen LogP contribution in [0.2, 0.25) is 0 Å². The Bertz CT molecular complexity index is 191. The Kier molecular flexibility index (Phi) is 0.850. The van der Waals surface area contributed by atoms with Crippen molar-refractivity contribution in [2.45, 2.75) is 19.8 Å². The van der Waals surface area contributed by atoms with Crippen molar-refractivity contribution in [2.75, 3.05) is 0 Å². The Labute approximate surface area is 54.8 Å². The molecule has 0 heterocycles. The van der Waals surface area contributed by atoms with E-state index in [1.54, 1.807) is 0 Å². The van der Waals surface area contributed by atoms with Gasteiger partial charge in [0.05, 0.1) is 0 Å². The minimum Gasteiger partial charge on any atom is -0.299 e. The molecule has 1 saturated carbocycles. The molecule has 1 heteroatoms. The molecule has 1 fully saturated rings. The van der Waals surface area contributed by atoms with E-state index < -0.39 is 0 Å². The Morgan fingerprint density at radius 1 is 1.56 bits per heavy atom. The molecular weight excluding hydrogens is 112 g/mol. The van der Waals surface area contributed by atoms with E-state index in [9.17, 15) is 4.79 Å². The van der Waals surface area contributed by atoms with Crippen molar-refractivity contribution >= 4 is 5.78 Å². The highest BCUT2D eigenvalue weighted by Gasteiger charge is 2.41. The maximum atomic E-state index is 10.8. The first-order valence-corrected chi connectivity index (χ1v) is 3.47. The molecular formula is C8H10O. The minimum atomic E-state index is 0.338. The van der Waals surface area contributed by atoms with Crippen LogP contribution < -0.4 is 0 Å². The summed E-state index contributed by atoms with van der Waals surface area (Å²) in [7, 11) is 0. The van der Waals surface area contributed by atoms with Crippen LogP contribution in [0, 0.1) is 11.8 Å². The fourth-order valence-electron chi connectivity index (χ4n) is 1.84. The summed E-state index contributed by atoms with van der Waals surface area (Å²) >= 11 is 0. The second kappa shape index (κ2) is 1.47. The monoisotopic (exact) mass is 122 g/mol. The predicted octanol–water partition coefficient (Wildman–Crippen LogP) is 1.54. The third-order valence-corrected chi connectivity index (χ3v) is 2.39. The van der Waals surface area contributed by atoms with Crippen LogP contribution in [0.5, 0.6) is 0 Å². The molecule has 1 unspecified atom stereocenters. The first-order chi connectivity index (χ1) is 4.27. The van der Waals surface area contributed by atoms with E-state index in [-0.39, 0.29) is 0 Å². The fourth-order valence-corrected chi connectivity index (χ4v) is 1.84. The van der Waals surface area contributed by atoms with E-state index in [4.69, 9.17) is 0 Å². The molecule has 9 heavy (non-hydrogen) atoms. The van der Waals surface area contributed by atoms with Gasteiger partial charge in [0.25, 0.3) is 0 Å². The molecule has 0 bridgehead atoms. The number of fused-ring (bicyclic) bond motifs is 1. The lowest BCUT2D eigenvalue weighted by atomic mass is 9.75. The lowest BCUT2D eigenvalue weighted by Crippen LogP contribution is -2.32. The van der Waals surface area contributed by atoms with Gasteiger partial charge in [0.2, 0.25) is 0 Å². The summed E-state index contributed by atoms with van der Waals surface area (Å²) in [5.74, 6) is 1.50. The summed E-state index contributed by atoms with van der Waals surface area (Å²) in [4.78, 5) is 10.8. The lowest BCUT2D eigenvalue weighted by molar-refractivity contribution is -0.130. The second-order valence-corrected chi connectivity index (χ2v) is 3.17. The fraction of sp³-hybridized carbons (Fsp3) is 0.625. The zero-order valence-electron chi connectivity index (χ0n) is 5.55. The van der Waals surface area contributed by atoms with Crippen molar-refractivity contribution < 1.29 is 4.79 Å². The Balaban J connectivity index is 2.21. The number of carbonyl (C=O) groups excluding carboxylic acids is 1. The molecule has 0 spiro atoms. The Hall–Kier alpha value is -0.590. The summed E-state index contributed by atoms with van der Waals surface area (Å²) in [5, 5.41) is 0. The molecule has 0 aromatic heterocycles. The number of Topliss-reactive ketones (excluding diaryl/α,β-unsaturated/α-hetero) is 1. The molecule has 0 radical (unpaired) electrons. The van der Waals surface area contributed by atoms with Crippen LogP contribution in [0.1, 0.15) is 19.8 Å². The van der Waals surface area contributed by atoms with Gasteiger partial charge < -0.3 is 0 Å². The van der Waals surface area contributed by atoms with Gasteiger partial charge in [-0.05, 0) is 19.3 Å². The molecule has 0 saturated heterocycles. The van der Waals surface area contributed by atoms with E-state index >= 15 is 0 Å². The average Bonchev–Trinajstić information content (AvgIpc) is 2.08. The molecule has 0 aromatic carbocycles. The smallest absolute Gasteiger partial charge is 0.140 e. The van der Waals surface area contributed by atoms with Gasteiger partial charge in [0, 0.05) is 12.3 Å². The van der Waals surface area contributed by atoms with Gasteiger partial charge in [-0.2, -0.15) is 0 Å². The summed E-state index contributed by atoms with van der Waals surface area (Å²) < 4.78 is 0. The summed E-state index contributed by atoms with van der Waals surface area (Å²) in [5.41, 5.74) is 1.41. The van der Waals surface area contributed by atoms with E-state index in [0.717, 1.165) is 6.42 Å². The quantitative estimate of drug-likeness (QED) is 0.445. The first kappa shape index (κ1) is 5.21. The molecule has 2 aliphatic carbocycles. The minimum absolute atomic E-state index is 0.338. The molecule has 0 aromatic rings. The summed E-state index contributed by atoms with van der Waals surface area (Å²) in [6.07, 6.45) is 4.16. The van der Waals surface area contributed by atoms with Gasteiger partial charge in [-0.3, -0.25) is 4.79 Å². The SMILES string of the molecule is CC1=CC2C(=O)C[C@H]2C1. The second-order valence-electron chi connectivity index (χ2n) is 3.17. The molecule has 2 rings (SSSR count). The zero-order chi connectivity index (χ0) is 6.43. The van der Waals surface area contributed by atoms with Gasteiger partial charge in [0.1, 0.15) is 5.78 Å². The van der Waals surface area contributed by atoms with Gasteiger partial charge in [-0.15, -0.1) is 0 Å². The van der Waals surface area contributed by atoms with Gasteiger partial charge in [-0.1, -0.05) is 11.6 Å². The highest BCUT2D eigenvalue weighted by molar-refractivity contribution is 5.90. The van der Waals surface area contributed by atoms with Crippen molar-refractivity contribution in [1.29, 1.82) is 0 Å². The number of allylic oxidation sites excluding steroid dienone is 2. The number of hydrogen-bond donors (Lipinski definition) is 0. The van der Waals surface area contributed by atoms with Crippen molar-refractivity contribution in [1.82, 2.24) is 0 Å². The van der Waals surface area contributed by atoms with Gasteiger partial charge in [-0.25, -0.2) is 0 Å². The Morgan fingerprint density at radius 3 is 2.78 bits per heavy atom. The van der Waals surface area contributed by atoms with Crippen molar-refractivity contribution in [3.05, 3.63) is 11.6 Å². The van der Waals surface area contributed by atoms with Crippen molar-refractivity contribution in [3.8, 4) is 0 Å². The first-order valence-electron chi connectivity index (χ1n) is 3.47. The molecule has 0 N–H and O–H groups in total. The largest absolute Gasteiger partial charge is 0.299 e.